The summed E-state index contributed by atoms with van der Waals surface area (Å²) in [6, 6.07) is 8.88. The first-order valence-corrected chi connectivity index (χ1v) is 6.01. The molecule has 0 saturated heterocycles. The highest BCUT2D eigenvalue weighted by Crippen LogP contribution is 2.35. The molecule has 1 aromatic carbocycles. The smallest absolute Gasteiger partial charge is 0.0456 e. The second-order valence-corrected chi connectivity index (χ2v) is 4.62. The summed E-state index contributed by atoms with van der Waals surface area (Å²) in [6.07, 6.45) is 9.06. The number of hydrogen-bond donors (Lipinski definition) is 1. The van der Waals surface area contributed by atoms with E-state index in [1.807, 2.05) is 0 Å². The van der Waals surface area contributed by atoms with Crippen molar-refractivity contribution in [2.24, 2.45) is 0 Å². The average molecular weight is 199 g/mol. The zero-order valence-electron chi connectivity index (χ0n) is 9.00. The molecule has 2 aromatic rings. The monoisotopic (exact) mass is 199 g/mol. The molecule has 0 unspecified atom stereocenters. The molecule has 1 heteroatoms. The first-order chi connectivity index (χ1) is 7.45. The third-order valence-electron chi connectivity index (χ3n) is 3.67. The summed E-state index contributed by atoms with van der Waals surface area (Å²) in [4.78, 5) is 3.30. The van der Waals surface area contributed by atoms with Crippen LogP contribution in [0.3, 0.4) is 0 Å². The van der Waals surface area contributed by atoms with Gasteiger partial charge in [0.05, 0.1) is 0 Å². The van der Waals surface area contributed by atoms with Crippen LogP contribution in [0, 0.1) is 0 Å². The van der Waals surface area contributed by atoms with Gasteiger partial charge in [0.25, 0.3) is 0 Å². The molecule has 0 amide bonds. The number of hydrogen-bond acceptors (Lipinski definition) is 0. The third kappa shape index (κ3) is 1.56. The number of nitrogens with one attached hydrogen (secondary N) is 1. The van der Waals surface area contributed by atoms with Crippen molar-refractivity contribution in [1.29, 1.82) is 0 Å². The minimum atomic E-state index is 0.804. The van der Waals surface area contributed by atoms with Gasteiger partial charge >= 0.3 is 0 Å². The lowest BCUT2D eigenvalue weighted by molar-refractivity contribution is 0.445. The van der Waals surface area contributed by atoms with Crippen LogP contribution in [0.5, 0.6) is 0 Å². The molecule has 1 aliphatic carbocycles. The number of rotatable bonds is 1. The van der Waals surface area contributed by atoms with E-state index in [1.54, 1.807) is 5.56 Å². The van der Waals surface area contributed by atoms with Gasteiger partial charge in [-0.15, -0.1) is 0 Å². The molecule has 1 aliphatic rings. The molecule has 0 atom stereocenters. The van der Waals surface area contributed by atoms with Crippen LogP contribution in [0.2, 0.25) is 0 Å². The van der Waals surface area contributed by atoms with Gasteiger partial charge in [-0.25, -0.2) is 0 Å². The van der Waals surface area contributed by atoms with Crippen LogP contribution in [0.25, 0.3) is 10.9 Å². The van der Waals surface area contributed by atoms with Gasteiger partial charge in [-0.05, 0) is 36.5 Å². The summed E-state index contributed by atoms with van der Waals surface area (Å²) in [5, 5.41) is 1.43. The van der Waals surface area contributed by atoms with Crippen LogP contribution in [0.1, 0.15) is 43.6 Å². The van der Waals surface area contributed by atoms with E-state index < -0.39 is 0 Å². The first kappa shape index (κ1) is 9.02. The van der Waals surface area contributed by atoms with Crippen LogP contribution < -0.4 is 0 Å². The number of aromatic amines is 1. The normalized spacial score (nSPS) is 18.4. The Balaban J connectivity index is 2.05. The van der Waals surface area contributed by atoms with Crippen molar-refractivity contribution in [2.45, 2.75) is 38.0 Å². The maximum atomic E-state index is 3.30. The molecule has 0 spiro atoms. The summed E-state index contributed by atoms with van der Waals surface area (Å²) in [5.41, 5.74) is 2.85. The fourth-order valence-electron chi connectivity index (χ4n) is 2.88. The van der Waals surface area contributed by atoms with Crippen molar-refractivity contribution in [3.05, 3.63) is 36.0 Å². The van der Waals surface area contributed by atoms with Crippen LogP contribution in [-0.4, -0.2) is 4.98 Å². The maximum absolute atomic E-state index is 3.30. The van der Waals surface area contributed by atoms with Gasteiger partial charge in [0, 0.05) is 17.1 Å². The van der Waals surface area contributed by atoms with Gasteiger partial charge in [-0.1, -0.05) is 31.4 Å². The molecule has 0 bridgehead atoms. The summed E-state index contributed by atoms with van der Waals surface area (Å²) in [5.74, 6) is 0.804. The Labute approximate surface area is 90.5 Å². The average Bonchev–Trinajstić information content (AvgIpc) is 2.78. The summed E-state index contributed by atoms with van der Waals surface area (Å²) in [7, 11) is 0. The van der Waals surface area contributed by atoms with E-state index in [2.05, 4.69) is 35.4 Å². The Hall–Kier alpha value is -1.24. The number of aromatic nitrogens is 1. The zero-order valence-corrected chi connectivity index (χ0v) is 9.00. The van der Waals surface area contributed by atoms with Crippen LogP contribution in [-0.2, 0) is 0 Å². The quantitative estimate of drug-likeness (QED) is 0.708. The lowest BCUT2D eigenvalue weighted by atomic mass is 9.83. The van der Waals surface area contributed by atoms with Gasteiger partial charge in [-0.3, -0.25) is 0 Å². The largest absolute Gasteiger partial charge is 0.361 e. The van der Waals surface area contributed by atoms with Gasteiger partial charge in [0.15, 0.2) is 0 Å². The van der Waals surface area contributed by atoms with Gasteiger partial charge in [0.1, 0.15) is 0 Å². The second kappa shape index (κ2) is 3.73. The van der Waals surface area contributed by atoms with Crippen molar-refractivity contribution in [3.8, 4) is 0 Å². The van der Waals surface area contributed by atoms with Crippen LogP contribution in [0.4, 0.5) is 0 Å². The standard InChI is InChI=1S/C14H17N/c1-2-5-11(6-3-1)12-7-4-8-14-13(12)9-10-15-14/h4,7-11,15H,1-3,5-6H2. The molecule has 15 heavy (non-hydrogen) atoms. The highest BCUT2D eigenvalue weighted by atomic mass is 14.7. The Morgan fingerprint density at radius 2 is 1.87 bits per heavy atom. The molecule has 78 valence electrons. The summed E-state index contributed by atoms with van der Waals surface area (Å²) < 4.78 is 0. The van der Waals surface area contributed by atoms with Gasteiger partial charge < -0.3 is 4.98 Å². The Kier molecular flexibility index (Phi) is 2.24. The highest BCUT2D eigenvalue weighted by Gasteiger charge is 2.17. The van der Waals surface area contributed by atoms with Crippen LogP contribution in [0.15, 0.2) is 30.5 Å². The fraction of sp³-hybridized carbons (Fsp3) is 0.429. The van der Waals surface area contributed by atoms with E-state index in [-0.39, 0.29) is 0 Å². The van der Waals surface area contributed by atoms with E-state index in [0.29, 0.717) is 0 Å². The van der Waals surface area contributed by atoms with Crippen molar-refractivity contribution >= 4 is 10.9 Å². The molecule has 1 aromatic heterocycles. The lowest BCUT2D eigenvalue weighted by Gasteiger charge is -2.22. The molecule has 1 nitrogen and oxygen atoms in total. The molecule has 1 fully saturated rings. The predicted molar refractivity (Wildman–Crippen MR) is 64.1 cm³/mol. The van der Waals surface area contributed by atoms with Crippen molar-refractivity contribution < 1.29 is 0 Å². The minimum absolute atomic E-state index is 0.804. The van der Waals surface area contributed by atoms with Crippen LogP contribution >= 0.6 is 0 Å². The van der Waals surface area contributed by atoms with Gasteiger partial charge in [-0.2, -0.15) is 0 Å². The fourth-order valence-corrected chi connectivity index (χ4v) is 2.88. The Morgan fingerprint density at radius 3 is 2.73 bits per heavy atom. The SMILES string of the molecule is c1cc(C2CCCCC2)c2cc[nH]c2c1. The van der Waals surface area contributed by atoms with Crippen molar-refractivity contribution in [2.75, 3.05) is 0 Å². The molecule has 1 heterocycles. The lowest BCUT2D eigenvalue weighted by Crippen LogP contribution is -2.04. The predicted octanol–water partition coefficient (Wildman–Crippen LogP) is 4.22. The molecular formula is C14H17N. The minimum Gasteiger partial charge on any atom is -0.361 e. The van der Waals surface area contributed by atoms with E-state index in [1.165, 1.54) is 43.0 Å². The van der Waals surface area contributed by atoms with Gasteiger partial charge in [0.2, 0.25) is 0 Å². The molecule has 0 aliphatic heterocycles. The molecule has 0 radical (unpaired) electrons. The first-order valence-electron chi connectivity index (χ1n) is 6.01. The van der Waals surface area contributed by atoms with Crippen molar-refractivity contribution in [1.82, 2.24) is 4.98 Å². The summed E-state index contributed by atoms with van der Waals surface area (Å²) >= 11 is 0. The molecule has 3 rings (SSSR count). The number of benzene rings is 1. The molecular weight excluding hydrogens is 182 g/mol. The number of H-pyrrole nitrogens is 1. The second-order valence-electron chi connectivity index (χ2n) is 4.62. The molecule has 1 saturated carbocycles. The maximum Gasteiger partial charge on any atom is 0.0456 e. The molecule has 1 N–H and O–H groups in total. The Morgan fingerprint density at radius 1 is 1.00 bits per heavy atom. The Bertz CT molecular complexity index is 449. The summed E-state index contributed by atoms with van der Waals surface area (Å²) in [6.45, 7) is 0. The van der Waals surface area contributed by atoms with E-state index in [4.69, 9.17) is 0 Å². The third-order valence-corrected chi connectivity index (χ3v) is 3.67. The zero-order chi connectivity index (χ0) is 10.1. The van der Waals surface area contributed by atoms with E-state index in [9.17, 15) is 0 Å². The highest BCUT2D eigenvalue weighted by molar-refractivity contribution is 5.83. The van der Waals surface area contributed by atoms with E-state index in [0.717, 1.165) is 5.92 Å². The number of fused-ring (bicyclic) bond motifs is 1. The van der Waals surface area contributed by atoms with E-state index >= 15 is 0 Å². The topological polar surface area (TPSA) is 15.8 Å². The van der Waals surface area contributed by atoms with Crippen molar-refractivity contribution in [3.63, 3.8) is 0 Å².